The van der Waals surface area contributed by atoms with E-state index in [9.17, 15) is 0 Å². The summed E-state index contributed by atoms with van der Waals surface area (Å²) in [6, 6.07) is 8.00. The molecule has 3 nitrogen and oxygen atoms in total. The quantitative estimate of drug-likeness (QED) is 0.915. The molecule has 0 aliphatic carbocycles. The maximum Gasteiger partial charge on any atom is 0.124 e. The molecule has 0 fully saturated rings. The van der Waals surface area contributed by atoms with Crippen LogP contribution in [-0.2, 0) is 6.42 Å². The minimum Gasteiger partial charge on any atom is -0.494 e. The second-order valence-electron chi connectivity index (χ2n) is 3.74. The van der Waals surface area contributed by atoms with Gasteiger partial charge in [-0.3, -0.25) is 0 Å². The molecule has 0 saturated carbocycles. The lowest BCUT2D eigenvalue weighted by Gasteiger charge is -2.03. The van der Waals surface area contributed by atoms with Crippen LogP contribution in [-0.4, -0.2) is 18.1 Å². The van der Waals surface area contributed by atoms with Gasteiger partial charge in [-0.05, 0) is 41.5 Å². The highest BCUT2D eigenvalue weighted by Crippen LogP contribution is 2.33. The predicted octanol–water partition coefficient (Wildman–Crippen LogP) is 3.47. The van der Waals surface area contributed by atoms with Crippen molar-refractivity contribution in [1.82, 2.24) is 4.98 Å². The van der Waals surface area contributed by atoms with Crippen molar-refractivity contribution in [3.8, 4) is 16.3 Å². The SMILES string of the molecule is CCOc1cccc(-c2nc(CCN)c(Br)s2)c1. The van der Waals surface area contributed by atoms with Crippen molar-refractivity contribution in [3.05, 3.63) is 33.7 Å². The van der Waals surface area contributed by atoms with Gasteiger partial charge in [-0.1, -0.05) is 12.1 Å². The average Bonchev–Trinajstić information content (AvgIpc) is 2.73. The first-order valence-corrected chi connectivity index (χ1v) is 7.44. The molecule has 1 aromatic carbocycles. The van der Waals surface area contributed by atoms with E-state index < -0.39 is 0 Å². The summed E-state index contributed by atoms with van der Waals surface area (Å²) in [6.07, 6.45) is 0.794. The molecule has 0 amide bonds. The second kappa shape index (κ2) is 6.31. The molecule has 2 N–H and O–H groups in total. The molecule has 0 bridgehead atoms. The molecule has 18 heavy (non-hydrogen) atoms. The lowest BCUT2D eigenvalue weighted by molar-refractivity contribution is 0.340. The normalized spacial score (nSPS) is 10.6. The Morgan fingerprint density at radius 3 is 3.00 bits per heavy atom. The van der Waals surface area contributed by atoms with Crippen LogP contribution in [0.1, 0.15) is 12.6 Å². The van der Waals surface area contributed by atoms with Crippen LogP contribution < -0.4 is 10.5 Å². The molecule has 0 aliphatic heterocycles. The molecular formula is C13H15BrN2OS. The van der Waals surface area contributed by atoms with Crippen molar-refractivity contribution in [2.45, 2.75) is 13.3 Å². The lowest BCUT2D eigenvalue weighted by atomic mass is 10.2. The van der Waals surface area contributed by atoms with Gasteiger partial charge in [0, 0.05) is 12.0 Å². The number of hydrogen-bond donors (Lipinski definition) is 1. The Kier molecular flexibility index (Phi) is 4.74. The summed E-state index contributed by atoms with van der Waals surface area (Å²) in [5.74, 6) is 0.877. The number of thiazole rings is 1. The molecule has 5 heteroatoms. The van der Waals surface area contributed by atoms with Crippen LogP contribution in [0.2, 0.25) is 0 Å². The Bertz CT molecular complexity index is 527. The molecule has 2 aromatic rings. The third-order valence-electron chi connectivity index (χ3n) is 2.42. The maximum absolute atomic E-state index is 5.56. The van der Waals surface area contributed by atoms with E-state index in [0.717, 1.165) is 32.2 Å². The van der Waals surface area contributed by atoms with Crippen LogP contribution in [0.4, 0.5) is 0 Å². The maximum atomic E-state index is 5.56. The zero-order valence-corrected chi connectivity index (χ0v) is 12.6. The molecule has 2 rings (SSSR count). The van der Waals surface area contributed by atoms with Gasteiger partial charge in [0.15, 0.2) is 0 Å². The Morgan fingerprint density at radius 1 is 1.44 bits per heavy atom. The summed E-state index contributed by atoms with van der Waals surface area (Å²) in [4.78, 5) is 4.61. The van der Waals surface area contributed by atoms with Crippen molar-refractivity contribution in [2.24, 2.45) is 5.73 Å². The number of halogens is 1. The van der Waals surface area contributed by atoms with E-state index >= 15 is 0 Å². The zero-order valence-electron chi connectivity index (χ0n) is 10.1. The van der Waals surface area contributed by atoms with Gasteiger partial charge in [-0.25, -0.2) is 4.98 Å². The molecule has 0 spiro atoms. The van der Waals surface area contributed by atoms with Crippen molar-refractivity contribution in [1.29, 1.82) is 0 Å². The van der Waals surface area contributed by atoms with E-state index in [0.29, 0.717) is 13.2 Å². The average molecular weight is 327 g/mol. The van der Waals surface area contributed by atoms with E-state index in [4.69, 9.17) is 10.5 Å². The van der Waals surface area contributed by atoms with E-state index in [1.54, 1.807) is 11.3 Å². The van der Waals surface area contributed by atoms with Gasteiger partial charge in [0.1, 0.15) is 10.8 Å². The number of nitrogens with zero attached hydrogens (tertiary/aromatic N) is 1. The monoisotopic (exact) mass is 326 g/mol. The summed E-state index contributed by atoms with van der Waals surface area (Å²) >= 11 is 5.16. The molecule has 1 heterocycles. The van der Waals surface area contributed by atoms with Gasteiger partial charge in [-0.15, -0.1) is 11.3 Å². The Morgan fingerprint density at radius 2 is 2.28 bits per heavy atom. The first-order valence-electron chi connectivity index (χ1n) is 5.83. The van der Waals surface area contributed by atoms with Crippen LogP contribution in [0.3, 0.4) is 0 Å². The Labute approximate surface area is 119 Å². The minimum absolute atomic E-state index is 0.612. The van der Waals surface area contributed by atoms with Crippen LogP contribution >= 0.6 is 27.3 Å². The van der Waals surface area contributed by atoms with Crippen LogP contribution in [0.25, 0.3) is 10.6 Å². The van der Waals surface area contributed by atoms with Crippen molar-refractivity contribution in [3.63, 3.8) is 0 Å². The number of hydrogen-bond acceptors (Lipinski definition) is 4. The van der Waals surface area contributed by atoms with Gasteiger partial charge >= 0.3 is 0 Å². The number of rotatable bonds is 5. The third kappa shape index (κ3) is 3.10. The van der Waals surface area contributed by atoms with E-state index in [-0.39, 0.29) is 0 Å². The molecule has 0 saturated heterocycles. The highest BCUT2D eigenvalue weighted by atomic mass is 79.9. The highest BCUT2D eigenvalue weighted by Gasteiger charge is 2.10. The first kappa shape index (κ1) is 13.5. The predicted molar refractivity (Wildman–Crippen MR) is 79.2 cm³/mol. The number of nitrogens with two attached hydrogens (primary N) is 1. The molecular weight excluding hydrogens is 312 g/mol. The van der Waals surface area contributed by atoms with E-state index in [2.05, 4.69) is 20.9 Å². The van der Waals surface area contributed by atoms with E-state index in [1.165, 1.54) is 0 Å². The van der Waals surface area contributed by atoms with Crippen molar-refractivity contribution < 1.29 is 4.74 Å². The van der Waals surface area contributed by atoms with Crippen LogP contribution in [0.5, 0.6) is 5.75 Å². The van der Waals surface area contributed by atoms with Gasteiger partial charge in [0.2, 0.25) is 0 Å². The Hall–Kier alpha value is -0.910. The van der Waals surface area contributed by atoms with Gasteiger partial charge in [0.05, 0.1) is 16.1 Å². The fourth-order valence-corrected chi connectivity index (χ4v) is 3.22. The third-order valence-corrected chi connectivity index (χ3v) is 4.30. The smallest absolute Gasteiger partial charge is 0.124 e. The minimum atomic E-state index is 0.612. The molecule has 0 radical (unpaired) electrons. The summed E-state index contributed by atoms with van der Waals surface area (Å²) in [6.45, 7) is 3.26. The van der Waals surface area contributed by atoms with Gasteiger partial charge in [-0.2, -0.15) is 0 Å². The van der Waals surface area contributed by atoms with Gasteiger partial charge < -0.3 is 10.5 Å². The summed E-state index contributed by atoms with van der Waals surface area (Å²) in [5, 5.41) is 0.992. The Balaban J connectivity index is 2.30. The highest BCUT2D eigenvalue weighted by molar-refractivity contribution is 9.11. The molecule has 0 aliphatic rings. The molecule has 1 aromatic heterocycles. The van der Waals surface area contributed by atoms with Crippen LogP contribution in [0, 0.1) is 0 Å². The summed E-state index contributed by atoms with van der Waals surface area (Å²) in [5.41, 5.74) is 7.67. The second-order valence-corrected chi connectivity index (χ2v) is 6.06. The van der Waals surface area contributed by atoms with E-state index in [1.807, 2.05) is 31.2 Å². The molecule has 0 unspecified atom stereocenters. The summed E-state index contributed by atoms with van der Waals surface area (Å²) < 4.78 is 6.56. The molecule has 96 valence electrons. The molecule has 0 atom stereocenters. The van der Waals surface area contributed by atoms with Crippen molar-refractivity contribution in [2.75, 3.05) is 13.2 Å². The number of benzene rings is 1. The first-order chi connectivity index (χ1) is 8.74. The van der Waals surface area contributed by atoms with Crippen molar-refractivity contribution >= 4 is 27.3 Å². The fourth-order valence-electron chi connectivity index (χ4n) is 1.63. The van der Waals surface area contributed by atoms with Crippen LogP contribution in [0.15, 0.2) is 28.1 Å². The number of aromatic nitrogens is 1. The number of ether oxygens (including phenoxy) is 1. The largest absolute Gasteiger partial charge is 0.494 e. The lowest BCUT2D eigenvalue weighted by Crippen LogP contribution is -2.03. The fraction of sp³-hybridized carbons (Fsp3) is 0.308. The zero-order chi connectivity index (χ0) is 13.0. The topological polar surface area (TPSA) is 48.1 Å². The standard InChI is InChI=1S/C13H15BrN2OS/c1-2-17-10-5-3-4-9(8-10)13-16-11(6-7-15)12(14)18-13/h3-5,8H,2,6-7,15H2,1H3. The van der Waals surface area contributed by atoms with Gasteiger partial charge in [0.25, 0.3) is 0 Å². The summed E-state index contributed by atoms with van der Waals surface area (Å²) in [7, 11) is 0.